The fraction of sp³-hybridized carbons (Fsp3) is 0.333. The Morgan fingerprint density at radius 1 is 1.12 bits per heavy atom. The molecule has 168 valence electrons. The van der Waals surface area contributed by atoms with E-state index in [0.29, 0.717) is 24.6 Å². The summed E-state index contributed by atoms with van der Waals surface area (Å²) in [6.07, 6.45) is 0.745. The highest BCUT2D eigenvalue weighted by Gasteiger charge is 2.34. The number of hydrogen-bond donors (Lipinski definition) is 0. The molecule has 1 atom stereocenters. The van der Waals surface area contributed by atoms with Crippen molar-refractivity contribution in [1.29, 1.82) is 0 Å². The molecule has 1 aliphatic rings. The topological polar surface area (TPSA) is 54.4 Å². The molecule has 0 aliphatic carbocycles. The first-order valence-corrected chi connectivity index (χ1v) is 12.3. The van der Waals surface area contributed by atoms with Gasteiger partial charge in [-0.05, 0) is 47.1 Å². The van der Waals surface area contributed by atoms with E-state index in [1.807, 2.05) is 35.7 Å². The molecular formula is C24H27N3O3S2. The molecule has 1 aliphatic heterocycles. The van der Waals surface area contributed by atoms with E-state index >= 15 is 0 Å². The van der Waals surface area contributed by atoms with Crippen LogP contribution in [-0.4, -0.2) is 48.8 Å². The Kier molecular flexibility index (Phi) is 7.24. The van der Waals surface area contributed by atoms with Crippen molar-refractivity contribution in [2.45, 2.75) is 25.9 Å². The van der Waals surface area contributed by atoms with Crippen molar-refractivity contribution in [3.8, 4) is 11.5 Å². The third kappa shape index (κ3) is 4.87. The van der Waals surface area contributed by atoms with Crippen molar-refractivity contribution in [2.75, 3.05) is 27.3 Å². The summed E-state index contributed by atoms with van der Waals surface area (Å²) in [5, 5.41) is 10.6. The Morgan fingerprint density at radius 2 is 1.91 bits per heavy atom. The van der Waals surface area contributed by atoms with E-state index in [9.17, 15) is 4.79 Å². The summed E-state index contributed by atoms with van der Waals surface area (Å²) in [4.78, 5) is 17.8. The highest BCUT2D eigenvalue weighted by molar-refractivity contribution is 7.12. The van der Waals surface area contributed by atoms with Gasteiger partial charge in [0.25, 0.3) is 5.91 Å². The lowest BCUT2D eigenvalue weighted by Crippen LogP contribution is -2.37. The molecule has 1 unspecified atom stereocenters. The SMILES string of the molecule is CCN(CC(=O)N1N=C(c2cccs2)CC1c1cccs1)Cc1ccc(OC)c(OC)c1. The predicted octanol–water partition coefficient (Wildman–Crippen LogP) is 5.03. The lowest BCUT2D eigenvalue weighted by atomic mass is 10.1. The lowest BCUT2D eigenvalue weighted by molar-refractivity contribution is -0.134. The molecule has 0 saturated carbocycles. The van der Waals surface area contributed by atoms with Crippen LogP contribution in [0.25, 0.3) is 0 Å². The fourth-order valence-electron chi connectivity index (χ4n) is 3.81. The number of rotatable bonds is 9. The van der Waals surface area contributed by atoms with Crippen LogP contribution in [0, 0.1) is 0 Å². The molecule has 3 heterocycles. The van der Waals surface area contributed by atoms with Crippen LogP contribution in [-0.2, 0) is 11.3 Å². The second-order valence-electron chi connectivity index (χ2n) is 7.49. The lowest BCUT2D eigenvalue weighted by Gasteiger charge is -2.25. The zero-order chi connectivity index (χ0) is 22.5. The second-order valence-corrected chi connectivity index (χ2v) is 9.42. The number of hydrazone groups is 1. The molecule has 4 rings (SSSR count). The number of methoxy groups -OCH3 is 2. The first-order valence-electron chi connectivity index (χ1n) is 10.5. The summed E-state index contributed by atoms with van der Waals surface area (Å²) in [6.45, 7) is 3.75. The van der Waals surface area contributed by atoms with Crippen molar-refractivity contribution in [2.24, 2.45) is 5.10 Å². The molecule has 1 aromatic carbocycles. The molecule has 0 N–H and O–H groups in total. The average molecular weight is 470 g/mol. The van der Waals surface area contributed by atoms with Gasteiger partial charge in [0, 0.05) is 17.8 Å². The van der Waals surface area contributed by atoms with Gasteiger partial charge in [-0.25, -0.2) is 5.01 Å². The van der Waals surface area contributed by atoms with Crippen LogP contribution in [0.3, 0.4) is 0 Å². The Labute approximate surface area is 196 Å². The minimum atomic E-state index is -0.0422. The molecule has 3 aromatic rings. The maximum atomic E-state index is 13.4. The molecule has 0 radical (unpaired) electrons. The van der Waals surface area contributed by atoms with Crippen molar-refractivity contribution in [3.05, 3.63) is 68.5 Å². The second kappa shape index (κ2) is 10.3. The number of benzene rings is 1. The molecule has 0 fully saturated rings. The van der Waals surface area contributed by atoms with Crippen LogP contribution < -0.4 is 9.47 Å². The number of ether oxygens (including phenoxy) is 2. The molecule has 8 heteroatoms. The first-order chi connectivity index (χ1) is 15.6. The maximum Gasteiger partial charge on any atom is 0.257 e. The quantitative estimate of drug-likeness (QED) is 0.441. The van der Waals surface area contributed by atoms with E-state index in [0.717, 1.165) is 34.0 Å². The fourth-order valence-corrected chi connectivity index (χ4v) is 5.35. The Balaban J connectivity index is 1.51. The number of likely N-dealkylation sites (N-methyl/N-ethyl adjacent to an activating group) is 1. The minimum Gasteiger partial charge on any atom is -0.493 e. The number of carbonyl (C=O) groups excluding carboxylic acids is 1. The van der Waals surface area contributed by atoms with Crippen LogP contribution >= 0.6 is 22.7 Å². The minimum absolute atomic E-state index is 0.0114. The van der Waals surface area contributed by atoms with Gasteiger partial charge in [0.2, 0.25) is 0 Å². The van der Waals surface area contributed by atoms with E-state index in [1.165, 1.54) is 0 Å². The van der Waals surface area contributed by atoms with Gasteiger partial charge in [-0.2, -0.15) is 5.10 Å². The van der Waals surface area contributed by atoms with Crippen LogP contribution in [0.5, 0.6) is 11.5 Å². The molecular weight excluding hydrogens is 442 g/mol. The molecule has 1 amide bonds. The van der Waals surface area contributed by atoms with Gasteiger partial charge in [0.1, 0.15) is 0 Å². The highest BCUT2D eigenvalue weighted by Crippen LogP contribution is 2.36. The van der Waals surface area contributed by atoms with Crippen molar-refractivity contribution in [3.63, 3.8) is 0 Å². The summed E-state index contributed by atoms with van der Waals surface area (Å²) in [6, 6.07) is 14.0. The van der Waals surface area contributed by atoms with Gasteiger partial charge in [0.05, 0.1) is 37.4 Å². The smallest absolute Gasteiger partial charge is 0.257 e. The van der Waals surface area contributed by atoms with E-state index in [-0.39, 0.29) is 11.9 Å². The van der Waals surface area contributed by atoms with Crippen LogP contribution in [0.4, 0.5) is 0 Å². The van der Waals surface area contributed by atoms with Crippen molar-refractivity contribution < 1.29 is 14.3 Å². The third-order valence-corrected chi connectivity index (χ3v) is 7.40. The normalized spacial score (nSPS) is 15.8. The molecule has 6 nitrogen and oxygen atoms in total. The molecule has 32 heavy (non-hydrogen) atoms. The number of hydrogen-bond acceptors (Lipinski definition) is 7. The summed E-state index contributed by atoms with van der Waals surface area (Å²) in [5.74, 6) is 1.40. The van der Waals surface area contributed by atoms with E-state index in [2.05, 4.69) is 29.3 Å². The predicted molar refractivity (Wildman–Crippen MR) is 130 cm³/mol. The zero-order valence-corrected chi connectivity index (χ0v) is 20.1. The number of nitrogens with zero attached hydrogens (tertiary/aromatic N) is 3. The summed E-state index contributed by atoms with van der Waals surface area (Å²) < 4.78 is 10.8. The number of carbonyl (C=O) groups is 1. The standard InChI is InChI=1S/C24H27N3O3S2/c1-4-26(15-17-9-10-20(29-2)21(13-17)30-3)16-24(28)27-19(23-8-6-12-32-23)14-18(25-27)22-7-5-11-31-22/h5-13,19H,4,14-16H2,1-3H3. The van der Waals surface area contributed by atoms with Crippen molar-refractivity contribution in [1.82, 2.24) is 9.91 Å². The molecule has 0 spiro atoms. The monoisotopic (exact) mass is 469 g/mol. The summed E-state index contributed by atoms with van der Waals surface area (Å²) in [5.41, 5.74) is 2.05. The van der Waals surface area contributed by atoms with Gasteiger partial charge in [-0.15, -0.1) is 22.7 Å². The average Bonchev–Trinajstić information content (AvgIpc) is 3.58. The largest absolute Gasteiger partial charge is 0.493 e. The number of amides is 1. The first kappa shape index (κ1) is 22.5. The number of thiophene rings is 2. The van der Waals surface area contributed by atoms with Crippen LogP contribution in [0.15, 0.2) is 58.3 Å². The van der Waals surface area contributed by atoms with Crippen molar-refractivity contribution >= 4 is 34.3 Å². The Hall–Kier alpha value is -2.68. The summed E-state index contributed by atoms with van der Waals surface area (Å²) >= 11 is 3.33. The van der Waals surface area contributed by atoms with Crippen LogP contribution in [0.2, 0.25) is 0 Å². The highest BCUT2D eigenvalue weighted by atomic mass is 32.1. The van der Waals surface area contributed by atoms with Gasteiger partial charge in [-0.1, -0.05) is 25.1 Å². The zero-order valence-electron chi connectivity index (χ0n) is 18.5. The molecule has 2 aromatic heterocycles. The van der Waals surface area contributed by atoms with Gasteiger partial charge in [0.15, 0.2) is 11.5 Å². The third-order valence-electron chi connectivity index (χ3n) is 5.50. The van der Waals surface area contributed by atoms with E-state index < -0.39 is 0 Å². The van der Waals surface area contributed by atoms with E-state index in [1.54, 1.807) is 41.9 Å². The van der Waals surface area contributed by atoms with Gasteiger partial charge >= 0.3 is 0 Å². The summed E-state index contributed by atoms with van der Waals surface area (Å²) in [7, 11) is 3.25. The van der Waals surface area contributed by atoms with Gasteiger partial charge < -0.3 is 9.47 Å². The van der Waals surface area contributed by atoms with E-state index in [4.69, 9.17) is 14.6 Å². The molecule has 0 bridgehead atoms. The van der Waals surface area contributed by atoms with Crippen LogP contribution in [0.1, 0.15) is 34.7 Å². The Morgan fingerprint density at radius 3 is 2.56 bits per heavy atom. The maximum absolute atomic E-state index is 13.4. The molecule has 0 saturated heterocycles. The van der Waals surface area contributed by atoms with Gasteiger partial charge in [-0.3, -0.25) is 9.69 Å². The Bertz CT molecular complexity index is 1060.